The lowest BCUT2D eigenvalue weighted by molar-refractivity contribution is -0.119. The van der Waals surface area contributed by atoms with Crippen LogP contribution in [0.3, 0.4) is 0 Å². The molecule has 7 heteroatoms. The molecular weight excluding hydrogens is 290 g/mol. The topological polar surface area (TPSA) is 64.7 Å². The molecule has 2 rings (SSSR count). The molecule has 0 fully saturated rings. The zero-order valence-corrected chi connectivity index (χ0v) is 13.7. The Morgan fingerprint density at radius 3 is 2.48 bits per heavy atom. The number of aryl methyl sites for hydroxylation is 3. The predicted octanol–water partition coefficient (Wildman–Crippen LogP) is 2.47. The third-order valence-electron chi connectivity index (χ3n) is 3.46. The number of nitrogens with zero attached hydrogens (tertiary/aromatic N) is 4. The number of hydrogen-bond acceptors (Lipinski definition) is 3. The van der Waals surface area contributed by atoms with Crippen LogP contribution in [0.15, 0.2) is 6.20 Å². The first-order valence-electron chi connectivity index (χ1n) is 6.80. The van der Waals surface area contributed by atoms with Gasteiger partial charge in [-0.15, -0.1) is 0 Å². The molecule has 0 aliphatic carbocycles. The smallest absolute Gasteiger partial charge is 0.229 e. The summed E-state index contributed by atoms with van der Waals surface area (Å²) >= 11 is 6.12. The Morgan fingerprint density at radius 1 is 1.33 bits per heavy atom. The molecule has 1 atom stereocenters. The summed E-state index contributed by atoms with van der Waals surface area (Å²) in [5.41, 5.74) is 3.20. The van der Waals surface area contributed by atoms with Gasteiger partial charge in [0.15, 0.2) is 0 Å². The average Bonchev–Trinajstić information content (AvgIpc) is 2.84. The van der Waals surface area contributed by atoms with E-state index in [0.717, 1.165) is 22.8 Å². The zero-order valence-electron chi connectivity index (χ0n) is 12.9. The fraction of sp³-hybridized carbons (Fsp3) is 0.500. The summed E-state index contributed by atoms with van der Waals surface area (Å²) < 4.78 is 3.45. The molecule has 0 aliphatic heterocycles. The van der Waals surface area contributed by atoms with Crippen LogP contribution in [0.25, 0.3) is 0 Å². The first-order chi connectivity index (χ1) is 9.79. The molecule has 0 radical (unpaired) electrons. The number of rotatable bonds is 4. The molecule has 2 aromatic rings. The first-order valence-corrected chi connectivity index (χ1v) is 7.18. The van der Waals surface area contributed by atoms with Crippen molar-refractivity contribution < 1.29 is 4.79 Å². The molecule has 114 valence electrons. The van der Waals surface area contributed by atoms with E-state index in [2.05, 4.69) is 15.5 Å². The van der Waals surface area contributed by atoms with Gasteiger partial charge in [-0.2, -0.15) is 10.2 Å². The van der Waals surface area contributed by atoms with Crippen molar-refractivity contribution in [2.24, 2.45) is 13.0 Å². The summed E-state index contributed by atoms with van der Waals surface area (Å²) in [5.74, 6) is -0.284. The van der Waals surface area contributed by atoms with E-state index in [0.29, 0.717) is 11.6 Å². The van der Waals surface area contributed by atoms with Gasteiger partial charge in [0.05, 0.1) is 40.3 Å². The normalized spacial score (nSPS) is 12.5. The number of carbonyl (C=O) groups excluding carboxylic acids is 1. The van der Waals surface area contributed by atoms with E-state index in [1.165, 1.54) is 0 Å². The minimum atomic E-state index is -0.223. The highest BCUT2D eigenvalue weighted by atomic mass is 35.5. The maximum Gasteiger partial charge on any atom is 0.229 e. The van der Waals surface area contributed by atoms with Crippen LogP contribution < -0.4 is 5.32 Å². The second kappa shape index (κ2) is 5.89. The Morgan fingerprint density at radius 2 is 2.00 bits per heavy atom. The number of nitrogens with one attached hydrogen (secondary N) is 1. The van der Waals surface area contributed by atoms with Gasteiger partial charge in [0.1, 0.15) is 0 Å². The molecule has 2 aromatic heterocycles. The maximum atomic E-state index is 12.3. The lowest BCUT2D eigenvalue weighted by Crippen LogP contribution is -2.25. The molecular formula is C14H20ClN5O. The molecule has 21 heavy (non-hydrogen) atoms. The Kier molecular flexibility index (Phi) is 4.37. The average molecular weight is 310 g/mol. The Balaban J connectivity index is 2.06. The van der Waals surface area contributed by atoms with Gasteiger partial charge < -0.3 is 5.32 Å². The molecule has 0 aliphatic rings. The minimum absolute atomic E-state index is 0.0604. The van der Waals surface area contributed by atoms with E-state index in [1.807, 2.05) is 34.7 Å². The minimum Gasteiger partial charge on any atom is -0.323 e. The van der Waals surface area contributed by atoms with Crippen molar-refractivity contribution in [3.63, 3.8) is 0 Å². The maximum absolute atomic E-state index is 12.3. The van der Waals surface area contributed by atoms with Crippen LogP contribution in [-0.4, -0.2) is 25.5 Å². The Labute approximate surface area is 129 Å². The van der Waals surface area contributed by atoms with E-state index in [1.54, 1.807) is 15.6 Å². The van der Waals surface area contributed by atoms with Crippen molar-refractivity contribution >= 4 is 23.2 Å². The van der Waals surface area contributed by atoms with Crippen molar-refractivity contribution in [1.29, 1.82) is 0 Å². The quantitative estimate of drug-likeness (QED) is 0.943. The van der Waals surface area contributed by atoms with Gasteiger partial charge in [0, 0.05) is 13.2 Å². The standard InChI is InChI=1S/C14H20ClN5O/c1-8(6-20-11(4)13(15)10(3)18-20)14(21)16-12-7-19(5)17-9(12)2/h7-8H,6H2,1-5H3,(H,16,21). The van der Waals surface area contributed by atoms with Gasteiger partial charge in [-0.1, -0.05) is 18.5 Å². The number of amides is 1. The highest BCUT2D eigenvalue weighted by molar-refractivity contribution is 6.31. The van der Waals surface area contributed by atoms with Crippen LogP contribution in [0.2, 0.25) is 5.02 Å². The summed E-state index contributed by atoms with van der Waals surface area (Å²) in [6.45, 7) is 7.98. The molecule has 0 saturated heterocycles. The summed E-state index contributed by atoms with van der Waals surface area (Å²) in [6, 6.07) is 0. The lowest BCUT2D eigenvalue weighted by Gasteiger charge is -2.13. The Bertz CT molecular complexity index is 673. The number of aromatic nitrogens is 4. The summed E-state index contributed by atoms with van der Waals surface area (Å²) in [5, 5.41) is 12.1. The molecule has 1 amide bonds. The van der Waals surface area contributed by atoms with Crippen molar-refractivity contribution in [3.8, 4) is 0 Å². The SMILES string of the molecule is Cc1nn(C)cc1NC(=O)C(C)Cn1nc(C)c(Cl)c1C. The number of hydrogen-bond donors (Lipinski definition) is 1. The Hall–Kier alpha value is -1.82. The predicted molar refractivity (Wildman–Crippen MR) is 82.4 cm³/mol. The lowest BCUT2D eigenvalue weighted by atomic mass is 10.1. The number of anilines is 1. The van der Waals surface area contributed by atoms with Crippen LogP contribution in [-0.2, 0) is 18.4 Å². The zero-order chi connectivity index (χ0) is 15.7. The fourth-order valence-electron chi connectivity index (χ4n) is 2.17. The van der Waals surface area contributed by atoms with Crippen LogP contribution >= 0.6 is 11.6 Å². The highest BCUT2D eigenvalue weighted by Gasteiger charge is 2.18. The molecule has 1 N–H and O–H groups in total. The molecule has 6 nitrogen and oxygen atoms in total. The van der Waals surface area contributed by atoms with E-state index in [9.17, 15) is 4.79 Å². The van der Waals surface area contributed by atoms with E-state index >= 15 is 0 Å². The second-order valence-corrected chi connectivity index (χ2v) is 5.74. The van der Waals surface area contributed by atoms with E-state index in [-0.39, 0.29) is 11.8 Å². The fourth-order valence-corrected chi connectivity index (χ4v) is 2.31. The van der Waals surface area contributed by atoms with Crippen molar-refractivity contribution in [1.82, 2.24) is 19.6 Å². The van der Waals surface area contributed by atoms with Crippen molar-refractivity contribution in [2.45, 2.75) is 34.2 Å². The van der Waals surface area contributed by atoms with Gasteiger partial charge in [0.2, 0.25) is 5.91 Å². The van der Waals surface area contributed by atoms with Crippen LogP contribution in [0.5, 0.6) is 0 Å². The molecule has 2 heterocycles. The molecule has 0 spiro atoms. The second-order valence-electron chi connectivity index (χ2n) is 5.36. The highest BCUT2D eigenvalue weighted by Crippen LogP contribution is 2.20. The summed E-state index contributed by atoms with van der Waals surface area (Å²) in [6.07, 6.45) is 1.79. The van der Waals surface area contributed by atoms with E-state index < -0.39 is 0 Å². The molecule has 0 aromatic carbocycles. The monoisotopic (exact) mass is 309 g/mol. The van der Waals surface area contributed by atoms with Crippen molar-refractivity contribution in [3.05, 3.63) is 28.3 Å². The largest absolute Gasteiger partial charge is 0.323 e. The molecule has 0 saturated carbocycles. The van der Waals surface area contributed by atoms with Crippen LogP contribution in [0.1, 0.15) is 24.0 Å². The number of carbonyl (C=O) groups is 1. The van der Waals surface area contributed by atoms with Gasteiger partial charge in [-0.25, -0.2) is 0 Å². The number of halogens is 1. The molecule has 0 bridgehead atoms. The van der Waals surface area contributed by atoms with Crippen molar-refractivity contribution in [2.75, 3.05) is 5.32 Å². The first kappa shape index (κ1) is 15.6. The van der Waals surface area contributed by atoms with Crippen LogP contribution in [0, 0.1) is 26.7 Å². The van der Waals surface area contributed by atoms with Gasteiger partial charge in [0.25, 0.3) is 0 Å². The van der Waals surface area contributed by atoms with Gasteiger partial charge in [-0.3, -0.25) is 14.2 Å². The third-order valence-corrected chi connectivity index (χ3v) is 4.01. The van der Waals surface area contributed by atoms with E-state index in [4.69, 9.17) is 11.6 Å². The third kappa shape index (κ3) is 3.26. The van der Waals surface area contributed by atoms with Gasteiger partial charge >= 0.3 is 0 Å². The molecule has 1 unspecified atom stereocenters. The summed E-state index contributed by atoms with van der Waals surface area (Å²) in [4.78, 5) is 12.3. The van der Waals surface area contributed by atoms with Gasteiger partial charge in [-0.05, 0) is 20.8 Å². The summed E-state index contributed by atoms with van der Waals surface area (Å²) in [7, 11) is 1.82. The van der Waals surface area contributed by atoms with Crippen LogP contribution in [0.4, 0.5) is 5.69 Å².